The highest BCUT2D eigenvalue weighted by atomic mass is 127. The standard InChI is InChI=1S/C22H32INO6/c1-22(2,3)30-21(26)24-10-6-7-18(24)17(20(25)28-5)14-15-13-16(23)8-9-19(15)29-12-11-27-4/h8-9,13,17-18H,6-7,10-12,14H2,1-5H3/t17-,18-/m1/s1. The van der Waals surface area contributed by atoms with Crippen molar-refractivity contribution in [3.63, 3.8) is 0 Å². The minimum atomic E-state index is -0.594. The number of hydrogen-bond donors (Lipinski definition) is 0. The van der Waals surface area contributed by atoms with Crippen LogP contribution in [0, 0.1) is 9.49 Å². The van der Waals surface area contributed by atoms with Crippen LogP contribution in [0.4, 0.5) is 4.79 Å². The molecule has 1 aromatic carbocycles. The van der Waals surface area contributed by atoms with Crippen LogP contribution in [0.5, 0.6) is 5.75 Å². The second kappa shape index (κ2) is 11.2. The summed E-state index contributed by atoms with van der Waals surface area (Å²) in [6.07, 6.45) is 1.57. The second-order valence-corrected chi connectivity index (χ2v) is 9.56. The second-order valence-electron chi connectivity index (χ2n) is 8.31. The van der Waals surface area contributed by atoms with Crippen molar-refractivity contribution in [3.05, 3.63) is 27.3 Å². The lowest BCUT2D eigenvalue weighted by atomic mass is 9.90. The number of carbonyl (C=O) groups excluding carboxylic acids is 2. The van der Waals surface area contributed by atoms with E-state index in [0.29, 0.717) is 31.9 Å². The number of nitrogens with zero attached hydrogens (tertiary/aromatic N) is 1. The molecule has 2 atom stereocenters. The third-order valence-electron chi connectivity index (χ3n) is 4.90. The molecule has 1 aliphatic rings. The predicted molar refractivity (Wildman–Crippen MR) is 122 cm³/mol. The zero-order valence-electron chi connectivity index (χ0n) is 18.4. The van der Waals surface area contributed by atoms with Gasteiger partial charge in [-0.1, -0.05) is 0 Å². The summed E-state index contributed by atoms with van der Waals surface area (Å²) >= 11 is 2.24. The molecule has 168 valence electrons. The van der Waals surface area contributed by atoms with Crippen molar-refractivity contribution < 1.29 is 28.5 Å². The molecule has 30 heavy (non-hydrogen) atoms. The van der Waals surface area contributed by atoms with Crippen LogP contribution in [0.15, 0.2) is 18.2 Å². The fourth-order valence-corrected chi connectivity index (χ4v) is 4.16. The first-order chi connectivity index (χ1) is 14.2. The van der Waals surface area contributed by atoms with Crippen LogP contribution in [0.1, 0.15) is 39.2 Å². The molecule has 0 N–H and O–H groups in total. The van der Waals surface area contributed by atoms with Crippen LogP contribution >= 0.6 is 22.6 Å². The number of esters is 1. The average Bonchev–Trinajstić information content (AvgIpc) is 3.15. The largest absolute Gasteiger partial charge is 0.491 e. The molecule has 1 aliphatic heterocycles. The van der Waals surface area contributed by atoms with Gasteiger partial charge in [0.25, 0.3) is 0 Å². The smallest absolute Gasteiger partial charge is 0.410 e. The van der Waals surface area contributed by atoms with Crippen molar-refractivity contribution in [2.45, 2.75) is 51.7 Å². The number of hydrogen-bond acceptors (Lipinski definition) is 6. The van der Waals surface area contributed by atoms with E-state index in [4.69, 9.17) is 18.9 Å². The molecule has 0 unspecified atom stereocenters. The first kappa shape index (κ1) is 24.7. The Balaban J connectivity index is 2.27. The normalized spacial score (nSPS) is 17.5. The summed E-state index contributed by atoms with van der Waals surface area (Å²) in [5.74, 6) is -0.131. The Morgan fingerprint density at radius 1 is 1.23 bits per heavy atom. The highest BCUT2D eigenvalue weighted by molar-refractivity contribution is 14.1. The van der Waals surface area contributed by atoms with E-state index in [-0.39, 0.29) is 12.0 Å². The number of amides is 1. The molecule has 0 spiro atoms. The third kappa shape index (κ3) is 7.01. The van der Waals surface area contributed by atoms with Crippen molar-refractivity contribution in [1.82, 2.24) is 4.90 Å². The number of ether oxygens (including phenoxy) is 4. The average molecular weight is 533 g/mol. The minimum Gasteiger partial charge on any atom is -0.491 e. The summed E-state index contributed by atoms with van der Waals surface area (Å²) in [5.41, 5.74) is 0.313. The van der Waals surface area contributed by atoms with Gasteiger partial charge in [0.15, 0.2) is 0 Å². The van der Waals surface area contributed by atoms with Gasteiger partial charge in [-0.05, 0) is 86.4 Å². The molecule has 0 saturated carbocycles. The van der Waals surface area contributed by atoms with Gasteiger partial charge in [-0.2, -0.15) is 0 Å². The Morgan fingerprint density at radius 3 is 2.60 bits per heavy atom. The molecule has 0 aromatic heterocycles. The third-order valence-corrected chi connectivity index (χ3v) is 5.57. The Hall–Kier alpha value is -1.55. The summed E-state index contributed by atoms with van der Waals surface area (Å²) in [6, 6.07) is 5.59. The highest BCUT2D eigenvalue weighted by Gasteiger charge is 2.41. The van der Waals surface area contributed by atoms with Crippen LogP contribution < -0.4 is 4.74 Å². The summed E-state index contributed by atoms with van der Waals surface area (Å²) < 4.78 is 22.7. The van der Waals surface area contributed by atoms with Gasteiger partial charge >= 0.3 is 12.1 Å². The minimum absolute atomic E-state index is 0.281. The van der Waals surface area contributed by atoms with Gasteiger partial charge in [0.2, 0.25) is 0 Å². The number of likely N-dealkylation sites (tertiary alicyclic amines) is 1. The van der Waals surface area contributed by atoms with Gasteiger partial charge in [-0.25, -0.2) is 4.79 Å². The number of benzene rings is 1. The molecule has 7 nitrogen and oxygen atoms in total. The first-order valence-electron chi connectivity index (χ1n) is 10.1. The van der Waals surface area contributed by atoms with E-state index in [1.54, 1.807) is 12.0 Å². The lowest BCUT2D eigenvalue weighted by Gasteiger charge is -2.32. The molecule has 8 heteroatoms. The number of rotatable bonds is 8. The summed E-state index contributed by atoms with van der Waals surface area (Å²) in [4.78, 5) is 27.2. The summed E-state index contributed by atoms with van der Waals surface area (Å²) in [6.45, 7) is 6.97. The molecule has 1 saturated heterocycles. The molecular formula is C22H32INO6. The van der Waals surface area contributed by atoms with Crippen LogP contribution in [-0.2, 0) is 25.4 Å². The van der Waals surface area contributed by atoms with E-state index < -0.39 is 17.6 Å². The molecule has 1 amide bonds. The Morgan fingerprint density at radius 2 is 1.97 bits per heavy atom. The molecule has 1 fully saturated rings. The highest BCUT2D eigenvalue weighted by Crippen LogP contribution is 2.32. The van der Waals surface area contributed by atoms with Gasteiger partial charge in [-0.3, -0.25) is 4.79 Å². The molecule has 2 rings (SSSR count). The molecular weight excluding hydrogens is 501 g/mol. The zero-order valence-corrected chi connectivity index (χ0v) is 20.6. The quantitative estimate of drug-likeness (QED) is 0.285. The number of carbonyl (C=O) groups is 2. The van der Waals surface area contributed by atoms with Crippen molar-refractivity contribution >= 4 is 34.7 Å². The van der Waals surface area contributed by atoms with Crippen molar-refractivity contribution in [2.75, 3.05) is 34.0 Å². The molecule has 1 heterocycles. The van der Waals surface area contributed by atoms with E-state index in [0.717, 1.165) is 22.0 Å². The van der Waals surface area contributed by atoms with Crippen LogP contribution in [0.2, 0.25) is 0 Å². The van der Waals surface area contributed by atoms with Gasteiger partial charge in [0, 0.05) is 23.3 Å². The van der Waals surface area contributed by atoms with Gasteiger partial charge < -0.3 is 23.8 Å². The van der Waals surface area contributed by atoms with E-state index in [1.165, 1.54) is 7.11 Å². The lowest BCUT2D eigenvalue weighted by molar-refractivity contribution is -0.147. The van der Waals surface area contributed by atoms with Crippen molar-refractivity contribution in [3.8, 4) is 5.75 Å². The Kier molecular flexibility index (Phi) is 9.21. The lowest BCUT2D eigenvalue weighted by Crippen LogP contribution is -2.46. The Bertz CT molecular complexity index is 733. The maximum atomic E-state index is 12.7. The zero-order chi connectivity index (χ0) is 22.3. The predicted octanol–water partition coefficient (Wildman–Crippen LogP) is 4.05. The maximum Gasteiger partial charge on any atom is 0.410 e. The van der Waals surface area contributed by atoms with E-state index in [9.17, 15) is 9.59 Å². The van der Waals surface area contributed by atoms with Crippen molar-refractivity contribution in [1.29, 1.82) is 0 Å². The van der Waals surface area contributed by atoms with Gasteiger partial charge in [-0.15, -0.1) is 0 Å². The molecule has 1 aromatic rings. The van der Waals surface area contributed by atoms with Crippen LogP contribution in [-0.4, -0.2) is 62.6 Å². The van der Waals surface area contributed by atoms with Crippen molar-refractivity contribution in [2.24, 2.45) is 5.92 Å². The summed E-state index contributed by atoms with van der Waals surface area (Å²) in [7, 11) is 3.00. The fraction of sp³-hybridized carbons (Fsp3) is 0.636. The van der Waals surface area contributed by atoms with E-state index in [2.05, 4.69) is 22.6 Å². The summed E-state index contributed by atoms with van der Waals surface area (Å²) in [5, 5.41) is 0. The molecule has 0 aliphatic carbocycles. The van der Waals surface area contributed by atoms with E-state index >= 15 is 0 Å². The van der Waals surface area contributed by atoms with Crippen LogP contribution in [0.25, 0.3) is 0 Å². The number of halogens is 1. The number of methoxy groups -OCH3 is 2. The van der Waals surface area contributed by atoms with E-state index in [1.807, 2.05) is 39.0 Å². The molecule has 0 radical (unpaired) electrons. The topological polar surface area (TPSA) is 74.3 Å². The molecule has 0 bridgehead atoms. The maximum absolute atomic E-state index is 12.7. The fourth-order valence-electron chi connectivity index (χ4n) is 3.61. The SMILES string of the molecule is COCCOc1ccc(I)cc1C[C@@H](C(=O)OC)[C@H]1CCCN1C(=O)OC(C)(C)C. The first-order valence-corrected chi connectivity index (χ1v) is 11.2. The van der Waals surface area contributed by atoms with Gasteiger partial charge in [0.05, 0.1) is 19.6 Å². The van der Waals surface area contributed by atoms with Gasteiger partial charge in [0.1, 0.15) is 18.0 Å². The monoisotopic (exact) mass is 533 g/mol. The Labute approximate surface area is 192 Å². The van der Waals surface area contributed by atoms with Crippen LogP contribution in [0.3, 0.4) is 0 Å².